The number of rotatable bonds is 6. The zero-order valence-corrected chi connectivity index (χ0v) is 14.5. The molecule has 7 heteroatoms. The van der Waals surface area contributed by atoms with E-state index >= 15 is 0 Å². The standard InChI is InChI=1S/C14H24N2O3S2/c1-4-13-10-16(6-7-20-13)21(17,18)14-8-12(9-15-5-2)19-11(14)3/h8,13,15H,4-7,9-10H2,1-3H3. The Balaban J connectivity index is 2.20. The molecule has 0 aliphatic carbocycles. The van der Waals surface area contributed by atoms with Gasteiger partial charge in [0.05, 0.1) is 6.54 Å². The lowest BCUT2D eigenvalue weighted by molar-refractivity contribution is 0.413. The molecule has 0 aromatic carbocycles. The number of aryl methyl sites for hydroxylation is 1. The minimum Gasteiger partial charge on any atom is -0.464 e. The Hall–Kier alpha value is -0.500. The molecule has 1 saturated heterocycles. The van der Waals surface area contributed by atoms with Gasteiger partial charge in [0.1, 0.15) is 16.4 Å². The van der Waals surface area contributed by atoms with Gasteiger partial charge in [-0.3, -0.25) is 0 Å². The highest BCUT2D eigenvalue weighted by Gasteiger charge is 2.32. The molecule has 0 bridgehead atoms. The van der Waals surface area contributed by atoms with Gasteiger partial charge >= 0.3 is 0 Å². The Kier molecular flexibility index (Phi) is 5.76. The minimum absolute atomic E-state index is 0.317. The van der Waals surface area contributed by atoms with Crippen molar-refractivity contribution in [2.75, 3.05) is 25.4 Å². The van der Waals surface area contributed by atoms with Crippen LogP contribution in [0.4, 0.5) is 0 Å². The van der Waals surface area contributed by atoms with Gasteiger partial charge in [-0.15, -0.1) is 0 Å². The fourth-order valence-corrected chi connectivity index (χ4v) is 5.47. The molecule has 0 radical (unpaired) electrons. The van der Waals surface area contributed by atoms with Crippen molar-refractivity contribution < 1.29 is 12.8 Å². The molecule has 0 saturated carbocycles. The SMILES string of the molecule is CCNCc1cc(S(=O)(=O)N2CCSC(CC)C2)c(C)o1. The van der Waals surface area contributed by atoms with Gasteiger partial charge in [0.2, 0.25) is 10.0 Å². The Morgan fingerprint density at radius 1 is 1.48 bits per heavy atom. The molecule has 1 aromatic heterocycles. The van der Waals surface area contributed by atoms with E-state index in [1.807, 2.05) is 18.7 Å². The van der Waals surface area contributed by atoms with Crippen molar-refractivity contribution in [1.82, 2.24) is 9.62 Å². The van der Waals surface area contributed by atoms with E-state index in [-0.39, 0.29) is 0 Å². The molecule has 0 amide bonds. The maximum atomic E-state index is 12.8. The number of hydrogen-bond acceptors (Lipinski definition) is 5. The number of nitrogens with one attached hydrogen (secondary N) is 1. The Labute approximate surface area is 131 Å². The topological polar surface area (TPSA) is 62.6 Å². The molecule has 120 valence electrons. The third kappa shape index (κ3) is 3.83. The second kappa shape index (κ2) is 7.17. The zero-order valence-electron chi connectivity index (χ0n) is 12.9. The van der Waals surface area contributed by atoms with E-state index in [9.17, 15) is 8.42 Å². The molecule has 1 unspecified atom stereocenters. The molecule has 1 aliphatic heterocycles. The number of thioether (sulfide) groups is 1. The van der Waals surface area contributed by atoms with Crippen LogP contribution in [0.3, 0.4) is 0 Å². The van der Waals surface area contributed by atoms with Crippen LogP contribution in [0.2, 0.25) is 0 Å². The van der Waals surface area contributed by atoms with Crippen LogP contribution in [-0.4, -0.2) is 43.4 Å². The van der Waals surface area contributed by atoms with Crippen molar-refractivity contribution in [2.24, 2.45) is 0 Å². The maximum Gasteiger partial charge on any atom is 0.246 e. The summed E-state index contributed by atoms with van der Waals surface area (Å²) in [5.74, 6) is 2.01. The van der Waals surface area contributed by atoms with E-state index in [4.69, 9.17) is 4.42 Å². The summed E-state index contributed by atoms with van der Waals surface area (Å²) in [5, 5.41) is 3.54. The molecule has 1 N–H and O–H groups in total. The summed E-state index contributed by atoms with van der Waals surface area (Å²) in [6, 6.07) is 1.66. The second-order valence-corrected chi connectivity index (χ2v) is 8.49. The first-order valence-electron chi connectivity index (χ1n) is 7.40. The fourth-order valence-electron chi connectivity index (χ4n) is 2.41. The van der Waals surface area contributed by atoms with Gasteiger partial charge in [0.25, 0.3) is 0 Å². The summed E-state index contributed by atoms with van der Waals surface area (Å²) < 4.78 is 32.8. The van der Waals surface area contributed by atoms with Crippen LogP contribution in [0.15, 0.2) is 15.4 Å². The van der Waals surface area contributed by atoms with Crippen LogP contribution in [0.1, 0.15) is 31.8 Å². The number of nitrogens with zero attached hydrogens (tertiary/aromatic N) is 1. The third-order valence-corrected chi connectivity index (χ3v) is 6.99. The van der Waals surface area contributed by atoms with Gasteiger partial charge in [-0.2, -0.15) is 16.1 Å². The van der Waals surface area contributed by atoms with E-state index in [2.05, 4.69) is 12.2 Å². The van der Waals surface area contributed by atoms with Crippen LogP contribution in [-0.2, 0) is 16.6 Å². The van der Waals surface area contributed by atoms with Crippen molar-refractivity contribution in [3.8, 4) is 0 Å². The highest BCUT2D eigenvalue weighted by molar-refractivity contribution is 8.00. The molecule has 21 heavy (non-hydrogen) atoms. The fraction of sp³-hybridized carbons (Fsp3) is 0.714. The average Bonchev–Trinajstić information content (AvgIpc) is 2.87. The zero-order chi connectivity index (χ0) is 15.5. The van der Waals surface area contributed by atoms with Crippen LogP contribution < -0.4 is 5.32 Å². The van der Waals surface area contributed by atoms with E-state index in [1.54, 1.807) is 17.3 Å². The Morgan fingerprint density at radius 3 is 2.90 bits per heavy atom. The maximum absolute atomic E-state index is 12.8. The first-order chi connectivity index (χ1) is 9.98. The van der Waals surface area contributed by atoms with E-state index in [0.717, 1.165) is 18.7 Å². The lowest BCUT2D eigenvalue weighted by Gasteiger charge is -2.30. The van der Waals surface area contributed by atoms with Crippen LogP contribution >= 0.6 is 11.8 Å². The predicted molar refractivity (Wildman–Crippen MR) is 86.1 cm³/mol. The summed E-state index contributed by atoms with van der Waals surface area (Å²) in [5.41, 5.74) is 0. The van der Waals surface area contributed by atoms with Crippen molar-refractivity contribution in [3.05, 3.63) is 17.6 Å². The van der Waals surface area contributed by atoms with E-state index in [1.165, 1.54) is 0 Å². The van der Waals surface area contributed by atoms with Crippen LogP contribution in [0, 0.1) is 6.92 Å². The molecular weight excluding hydrogens is 308 g/mol. The summed E-state index contributed by atoms with van der Waals surface area (Å²) in [4.78, 5) is 0.317. The lowest BCUT2D eigenvalue weighted by atomic mass is 10.3. The smallest absolute Gasteiger partial charge is 0.246 e. The Morgan fingerprint density at radius 2 is 2.24 bits per heavy atom. The molecule has 2 rings (SSSR count). The number of sulfonamides is 1. The van der Waals surface area contributed by atoms with Gasteiger partial charge in [-0.25, -0.2) is 8.42 Å². The minimum atomic E-state index is -3.44. The van der Waals surface area contributed by atoms with Gasteiger partial charge in [-0.1, -0.05) is 13.8 Å². The quantitative estimate of drug-likeness (QED) is 0.865. The Bertz CT molecular complexity index is 569. The number of furan rings is 1. The second-order valence-electron chi connectivity index (χ2n) is 5.18. The summed E-state index contributed by atoms with van der Waals surface area (Å²) in [6.07, 6.45) is 0.993. The first-order valence-corrected chi connectivity index (χ1v) is 9.89. The molecule has 1 atom stereocenters. The van der Waals surface area contributed by atoms with Crippen molar-refractivity contribution in [2.45, 2.75) is 43.9 Å². The molecule has 0 spiro atoms. The first kappa shape index (κ1) is 16.9. The summed E-state index contributed by atoms with van der Waals surface area (Å²) in [7, 11) is -3.44. The average molecular weight is 332 g/mol. The monoisotopic (exact) mass is 332 g/mol. The molecule has 1 aromatic rings. The van der Waals surface area contributed by atoms with E-state index in [0.29, 0.717) is 41.3 Å². The molecule has 2 heterocycles. The molecule has 1 aliphatic rings. The van der Waals surface area contributed by atoms with Crippen molar-refractivity contribution >= 4 is 21.8 Å². The molecule has 5 nitrogen and oxygen atoms in total. The molecule has 1 fully saturated rings. The van der Waals surface area contributed by atoms with Gasteiger partial charge in [0, 0.05) is 30.2 Å². The predicted octanol–water partition coefficient (Wildman–Crippen LogP) is 2.21. The van der Waals surface area contributed by atoms with Gasteiger partial charge in [-0.05, 0) is 19.9 Å². The van der Waals surface area contributed by atoms with Gasteiger partial charge in [0.15, 0.2) is 0 Å². The summed E-state index contributed by atoms with van der Waals surface area (Å²) in [6.45, 7) is 8.38. The highest BCUT2D eigenvalue weighted by Crippen LogP contribution is 2.29. The van der Waals surface area contributed by atoms with Gasteiger partial charge < -0.3 is 9.73 Å². The van der Waals surface area contributed by atoms with E-state index < -0.39 is 10.0 Å². The number of hydrogen-bond donors (Lipinski definition) is 1. The highest BCUT2D eigenvalue weighted by atomic mass is 32.2. The van der Waals surface area contributed by atoms with Crippen molar-refractivity contribution in [1.29, 1.82) is 0 Å². The van der Waals surface area contributed by atoms with Crippen molar-refractivity contribution in [3.63, 3.8) is 0 Å². The normalized spacial score (nSPS) is 20.8. The van der Waals surface area contributed by atoms with Crippen LogP contribution in [0.25, 0.3) is 0 Å². The third-order valence-electron chi connectivity index (χ3n) is 3.65. The lowest BCUT2D eigenvalue weighted by Crippen LogP contribution is -2.41. The van der Waals surface area contributed by atoms with Crippen LogP contribution in [0.5, 0.6) is 0 Å². The largest absolute Gasteiger partial charge is 0.464 e. The summed E-state index contributed by atoms with van der Waals surface area (Å²) >= 11 is 1.86. The molecular formula is C14H24N2O3S2.